The maximum atomic E-state index is 9.89. The zero-order chi connectivity index (χ0) is 13.7. The molecule has 2 aromatic carbocycles. The molecule has 0 aliphatic carbocycles. The van der Waals surface area contributed by atoms with Gasteiger partial charge in [-0.2, -0.15) is 0 Å². The quantitative estimate of drug-likeness (QED) is 0.864. The van der Waals surface area contributed by atoms with Gasteiger partial charge in [0.2, 0.25) is 0 Å². The highest BCUT2D eigenvalue weighted by atomic mass is 16.5. The van der Waals surface area contributed by atoms with Crippen LogP contribution in [0.2, 0.25) is 0 Å². The van der Waals surface area contributed by atoms with Gasteiger partial charge >= 0.3 is 0 Å². The molecule has 0 aliphatic rings. The van der Waals surface area contributed by atoms with Crippen LogP contribution in [-0.4, -0.2) is 12.2 Å². The minimum Gasteiger partial charge on any atom is -0.507 e. The molecule has 0 spiro atoms. The standard InChI is InChI=1S/C16H19NO2/c1-12(13-6-4-3-5-7-13)17-11-14-8-9-15(19-2)10-16(14)18/h3-10,12,17-18H,11H2,1-2H3. The number of ether oxygens (including phenoxy) is 1. The molecule has 3 heteroatoms. The van der Waals surface area contributed by atoms with Gasteiger partial charge in [0.05, 0.1) is 7.11 Å². The van der Waals surface area contributed by atoms with E-state index in [2.05, 4.69) is 24.4 Å². The summed E-state index contributed by atoms with van der Waals surface area (Å²) < 4.78 is 5.06. The summed E-state index contributed by atoms with van der Waals surface area (Å²) in [6, 6.07) is 15.8. The monoisotopic (exact) mass is 257 g/mol. The van der Waals surface area contributed by atoms with E-state index in [1.54, 1.807) is 13.2 Å². The van der Waals surface area contributed by atoms with E-state index in [1.165, 1.54) is 5.56 Å². The molecule has 0 fully saturated rings. The number of methoxy groups -OCH3 is 1. The molecule has 0 bridgehead atoms. The van der Waals surface area contributed by atoms with E-state index in [0.29, 0.717) is 12.3 Å². The minimum atomic E-state index is 0.239. The highest BCUT2D eigenvalue weighted by Crippen LogP contribution is 2.24. The summed E-state index contributed by atoms with van der Waals surface area (Å²) in [6.45, 7) is 2.72. The maximum absolute atomic E-state index is 9.89. The maximum Gasteiger partial charge on any atom is 0.123 e. The summed E-state index contributed by atoms with van der Waals surface area (Å²) in [4.78, 5) is 0. The van der Waals surface area contributed by atoms with Crippen LogP contribution in [0.4, 0.5) is 0 Å². The van der Waals surface area contributed by atoms with E-state index >= 15 is 0 Å². The molecule has 0 radical (unpaired) electrons. The second-order valence-electron chi connectivity index (χ2n) is 4.51. The lowest BCUT2D eigenvalue weighted by atomic mass is 10.1. The van der Waals surface area contributed by atoms with Gasteiger partial charge in [-0.15, -0.1) is 0 Å². The molecular formula is C16H19NO2. The average Bonchev–Trinajstić information content (AvgIpc) is 2.46. The van der Waals surface area contributed by atoms with Gasteiger partial charge in [0.1, 0.15) is 11.5 Å². The molecule has 2 aromatic rings. The van der Waals surface area contributed by atoms with Crippen LogP contribution in [0.25, 0.3) is 0 Å². The molecule has 100 valence electrons. The van der Waals surface area contributed by atoms with E-state index < -0.39 is 0 Å². The molecule has 2 N–H and O–H groups in total. The first kappa shape index (κ1) is 13.4. The Hall–Kier alpha value is -2.00. The van der Waals surface area contributed by atoms with E-state index in [9.17, 15) is 5.11 Å². The van der Waals surface area contributed by atoms with Crippen molar-refractivity contribution in [1.82, 2.24) is 5.32 Å². The van der Waals surface area contributed by atoms with Crippen molar-refractivity contribution in [2.75, 3.05) is 7.11 Å². The number of nitrogens with one attached hydrogen (secondary N) is 1. The highest BCUT2D eigenvalue weighted by molar-refractivity contribution is 5.39. The molecule has 1 unspecified atom stereocenters. The topological polar surface area (TPSA) is 41.5 Å². The Labute approximate surface area is 113 Å². The van der Waals surface area contributed by atoms with Crippen molar-refractivity contribution in [2.24, 2.45) is 0 Å². The fraction of sp³-hybridized carbons (Fsp3) is 0.250. The lowest BCUT2D eigenvalue weighted by Gasteiger charge is -2.15. The first-order valence-corrected chi connectivity index (χ1v) is 6.35. The van der Waals surface area contributed by atoms with E-state index in [-0.39, 0.29) is 11.8 Å². The molecule has 0 aliphatic heterocycles. The summed E-state index contributed by atoms with van der Waals surface area (Å²) in [6.07, 6.45) is 0. The Kier molecular flexibility index (Phi) is 4.42. The zero-order valence-electron chi connectivity index (χ0n) is 11.3. The number of rotatable bonds is 5. The van der Waals surface area contributed by atoms with Gasteiger partial charge in [-0.05, 0) is 18.6 Å². The van der Waals surface area contributed by atoms with Crippen LogP contribution >= 0.6 is 0 Å². The van der Waals surface area contributed by atoms with Gasteiger partial charge in [0, 0.05) is 24.2 Å². The number of aromatic hydroxyl groups is 1. The average molecular weight is 257 g/mol. The van der Waals surface area contributed by atoms with Crippen molar-refractivity contribution in [1.29, 1.82) is 0 Å². The van der Waals surface area contributed by atoms with Gasteiger partial charge in [0.15, 0.2) is 0 Å². The van der Waals surface area contributed by atoms with Crippen molar-refractivity contribution >= 4 is 0 Å². The summed E-state index contributed by atoms with van der Waals surface area (Å²) in [7, 11) is 1.59. The van der Waals surface area contributed by atoms with Gasteiger partial charge in [-0.3, -0.25) is 0 Å². The van der Waals surface area contributed by atoms with Crippen molar-refractivity contribution < 1.29 is 9.84 Å². The SMILES string of the molecule is COc1ccc(CNC(C)c2ccccc2)c(O)c1. The Morgan fingerprint density at radius 1 is 1.16 bits per heavy atom. The lowest BCUT2D eigenvalue weighted by Crippen LogP contribution is -2.18. The Morgan fingerprint density at radius 3 is 2.53 bits per heavy atom. The number of hydrogen-bond acceptors (Lipinski definition) is 3. The number of phenolic OH excluding ortho intramolecular Hbond substituents is 1. The molecule has 1 atom stereocenters. The largest absolute Gasteiger partial charge is 0.507 e. The van der Waals surface area contributed by atoms with Crippen LogP contribution < -0.4 is 10.1 Å². The fourth-order valence-corrected chi connectivity index (χ4v) is 1.94. The molecule has 0 saturated heterocycles. The lowest BCUT2D eigenvalue weighted by molar-refractivity contribution is 0.405. The molecule has 0 saturated carbocycles. The molecule has 3 nitrogen and oxygen atoms in total. The fourth-order valence-electron chi connectivity index (χ4n) is 1.94. The Balaban J connectivity index is 1.99. The summed E-state index contributed by atoms with van der Waals surface area (Å²) >= 11 is 0. The summed E-state index contributed by atoms with van der Waals surface area (Å²) in [5.74, 6) is 0.921. The third kappa shape index (κ3) is 3.48. The van der Waals surface area contributed by atoms with Crippen LogP contribution in [0, 0.1) is 0 Å². The predicted molar refractivity (Wildman–Crippen MR) is 76.4 cm³/mol. The van der Waals surface area contributed by atoms with Crippen molar-refractivity contribution in [3.8, 4) is 11.5 Å². The highest BCUT2D eigenvalue weighted by Gasteiger charge is 2.07. The second kappa shape index (κ2) is 6.25. The first-order chi connectivity index (χ1) is 9.20. The molecule has 2 rings (SSSR count). The third-order valence-electron chi connectivity index (χ3n) is 3.19. The van der Waals surface area contributed by atoms with E-state index in [1.807, 2.05) is 30.3 Å². The predicted octanol–water partition coefficient (Wildman–Crippen LogP) is 3.25. The van der Waals surface area contributed by atoms with Crippen LogP contribution in [0.1, 0.15) is 24.1 Å². The second-order valence-corrected chi connectivity index (χ2v) is 4.51. The van der Waals surface area contributed by atoms with Crippen LogP contribution in [0.3, 0.4) is 0 Å². The Bertz CT molecular complexity index is 526. The smallest absolute Gasteiger partial charge is 0.123 e. The Morgan fingerprint density at radius 2 is 1.89 bits per heavy atom. The van der Waals surface area contributed by atoms with Crippen molar-refractivity contribution in [3.63, 3.8) is 0 Å². The number of benzene rings is 2. The summed E-state index contributed by atoms with van der Waals surface area (Å²) in [5.41, 5.74) is 2.10. The van der Waals surface area contributed by atoms with Gasteiger partial charge in [0.25, 0.3) is 0 Å². The number of phenols is 1. The molecule has 0 amide bonds. The first-order valence-electron chi connectivity index (χ1n) is 6.35. The van der Waals surface area contributed by atoms with Gasteiger partial charge in [-0.25, -0.2) is 0 Å². The van der Waals surface area contributed by atoms with Gasteiger partial charge < -0.3 is 15.2 Å². The molecule has 19 heavy (non-hydrogen) atoms. The zero-order valence-corrected chi connectivity index (χ0v) is 11.3. The number of hydrogen-bond donors (Lipinski definition) is 2. The van der Waals surface area contributed by atoms with Crippen LogP contribution in [0.15, 0.2) is 48.5 Å². The normalized spacial score (nSPS) is 12.1. The molecular weight excluding hydrogens is 238 g/mol. The van der Waals surface area contributed by atoms with E-state index in [0.717, 1.165) is 5.56 Å². The summed E-state index contributed by atoms with van der Waals surface area (Å²) in [5, 5.41) is 13.3. The molecule has 0 heterocycles. The van der Waals surface area contributed by atoms with E-state index in [4.69, 9.17) is 4.74 Å². The van der Waals surface area contributed by atoms with Crippen LogP contribution in [-0.2, 0) is 6.54 Å². The molecule has 0 aromatic heterocycles. The van der Waals surface area contributed by atoms with Gasteiger partial charge in [-0.1, -0.05) is 36.4 Å². The third-order valence-corrected chi connectivity index (χ3v) is 3.19. The van der Waals surface area contributed by atoms with Crippen molar-refractivity contribution in [2.45, 2.75) is 19.5 Å². The van der Waals surface area contributed by atoms with Crippen LogP contribution in [0.5, 0.6) is 11.5 Å². The minimum absolute atomic E-state index is 0.239. The van der Waals surface area contributed by atoms with Crippen molar-refractivity contribution in [3.05, 3.63) is 59.7 Å².